The second kappa shape index (κ2) is 6.95. The lowest BCUT2D eigenvalue weighted by Crippen LogP contribution is -2.30. The predicted octanol–water partition coefficient (Wildman–Crippen LogP) is 3.87. The number of carbonyl (C=O) groups excluding carboxylic acids is 2. The molecule has 1 aromatic heterocycles. The smallest absolute Gasteiger partial charge is 0.347 e. The summed E-state index contributed by atoms with van der Waals surface area (Å²) < 4.78 is 5.32. The summed E-state index contributed by atoms with van der Waals surface area (Å²) in [5, 5.41) is 11.6. The van der Waals surface area contributed by atoms with Crippen LogP contribution in [0.2, 0.25) is 0 Å². The van der Waals surface area contributed by atoms with Crippen LogP contribution in [0.15, 0.2) is 69.9 Å². The summed E-state index contributed by atoms with van der Waals surface area (Å²) in [4.78, 5) is 54.3. The fourth-order valence-corrected chi connectivity index (χ4v) is 3.79. The van der Waals surface area contributed by atoms with Crippen molar-refractivity contribution in [2.24, 2.45) is 0 Å². The van der Waals surface area contributed by atoms with E-state index in [1.54, 1.807) is 24.3 Å². The van der Waals surface area contributed by atoms with E-state index in [1.807, 2.05) is 0 Å². The number of aromatic nitrogens is 1. The summed E-state index contributed by atoms with van der Waals surface area (Å²) in [5.74, 6) is -1.20. The van der Waals surface area contributed by atoms with Gasteiger partial charge in [-0.2, -0.15) is 0 Å². The molecule has 2 amide bonds. The maximum atomic E-state index is 13.1. The largest absolute Gasteiger partial charge is 0.403 e. The first-order valence-corrected chi connectivity index (χ1v) is 9.54. The van der Waals surface area contributed by atoms with Gasteiger partial charge in [-0.25, -0.2) is 14.7 Å². The Morgan fingerprint density at radius 3 is 2.47 bits per heavy atom. The molecule has 0 N–H and O–H groups in total. The van der Waals surface area contributed by atoms with Gasteiger partial charge in [0.15, 0.2) is 0 Å². The number of fused-ring (bicyclic) bond motifs is 2. The summed E-state index contributed by atoms with van der Waals surface area (Å²) in [7, 11) is 0. The highest BCUT2D eigenvalue weighted by atomic mass is 16.6. The van der Waals surface area contributed by atoms with Crippen LogP contribution in [0.4, 0.5) is 11.4 Å². The fourth-order valence-electron chi connectivity index (χ4n) is 3.79. The average Bonchev–Trinajstić information content (AvgIpc) is 3.03. The monoisotopic (exact) mass is 427 g/mol. The van der Waals surface area contributed by atoms with Gasteiger partial charge in [0.1, 0.15) is 0 Å². The van der Waals surface area contributed by atoms with Crippen molar-refractivity contribution in [3.05, 3.63) is 97.9 Å². The molecule has 9 nitrogen and oxygen atoms in total. The molecule has 3 aromatic carbocycles. The first-order valence-electron chi connectivity index (χ1n) is 9.54. The maximum Gasteiger partial charge on any atom is 0.347 e. The Morgan fingerprint density at radius 1 is 0.938 bits per heavy atom. The summed E-state index contributed by atoms with van der Waals surface area (Å²) in [6.45, 7) is 1.48. The lowest BCUT2D eigenvalue weighted by atomic mass is 10.1. The number of benzene rings is 3. The molecule has 5 rings (SSSR count). The van der Waals surface area contributed by atoms with E-state index in [0.717, 1.165) is 4.90 Å². The molecule has 0 spiro atoms. The van der Waals surface area contributed by atoms with Crippen molar-refractivity contribution in [3.8, 4) is 11.5 Å². The summed E-state index contributed by atoms with van der Waals surface area (Å²) >= 11 is 0. The Hall–Kier alpha value is -4.66. The van der Waals surface area contributed by atoms with Crippen LogP contribution in [0.3, 0.4) is 0 Å². The zero-order valence-corrected chi connectivity index (χ0v) is 16.6. The normalized spacial score (nSPS) is 13.0. The van der Waals surface area contributed by atoms with Gasteiger partial charge >= 0.3 is 5.63 Å². The van der Waals surface area contributed by atoms with Gasteiger partial charge in [0.25, 0.3) is 17.5 Å². The molecule has 0 atom stereocenters. The molecule has 0 saturated heterocycles. The zero-order chi connectivity index (χ0) is 22.6. The lowest BCUT2D eigenvalue weighted by molar-refractivity contribution is -0.385. The predicted molar refractivity (Wildman–Crippen MR) is 115 cm³/mol. The van der Waals surface area contributed by atoms with Crippen molar-refractivity contribution in [2.45, 2.75) is 6.92 Å². The molecule has 0 bridgehead atoms. The number of para-hydroxylation sites is 1. The van der Waals surface area contributed by atoms with Crippen molar-refractivity contribution >= 4 is 34.1 Å². The van der Waals surface area contributed by atoms with Crippen molar-refractivity contribution in [1.82, 2.24) is 4.98 Å². The van der Waals surface area contributed by atoms with Crippen molar-refractivity contribution in [1.29, 1.82) is 0 Å². The average molecular weight is 427 g/mol. The Morgan fingerprint density at radius 2 is 1.69 bits per heavy atom. The molecule has 9 heteroatoms. The number of carbonyl (C=O) groups is 2. The van der Waals surface area contributed by atoms with Gasteiger partial charge in [-0.15, -0.1) is 0 Å². The second-order valence-corrected chi connectivity index (χ2v) is 7.21. The molecule has 0 saturated carbocycles. The van der Waals surface area contributed by atoms with Gasteiger partial charge in [-0.3, -0.25) is 19.7 Å². The highest BCUT2D eigenvalue weighted by molar-refractivity contribution is 6.35. The van der Waals surface area contributed by atoms with E-state index in [1.165, 1.54) is 43.3 Å². The van der Waals surface area contributed by atoms with E-state index in [2.05, 4.69) is 4.98 Å². The molecule has 0 unspecified atom stereocenters. The summed E-state index contributed by atoms with van der Waals surface area (Å²) in [6, 6.07) is 15.3. The molecule has 4 aromatic rings. The van der Waals surface area contributed by atoms with E-state index in [-0.39, 0.29) is 34.0 Å². The number of hydrogen-bond acceptors (Lipinski definition) is 7. The quantitative estimate of drug-likeness (QED) is 0.276. The number of nitro groups is 1. The number of amides is 2. The number of rotatable bonds is 3. The van der Waals surface area contributed by atoms with Gasteiger partial charge in [-0.05, 0) is 43.3 Å². The Bertz CT molecular complexity index is 1540. The van der Waals surface area contributed by atoms with E-state index >= 15 is 0 Å². The minimum Gasteiger partial charge on any atom is -0.403 e. The van der Waals surface area contributed by atoms with Crippen molar-refractivity contribution < 1.29 is 18.9 Å². The SMILES string of the molecule is Cc1c(N2C(=O)c3ccc(-c4nc5ccccc5c(=O)o4)cc3C2=O)cccc1[N+](=O)[O-]. The molecule has 1 aliphatic heterocycles. The first-order chi connectivity index (χ1) is 15.4. The molecule has 0 radical (unpaired) electrons. The van der Waals surface area contributed by atoms with Gasteiger partial charge in [0.05, 0.1) is 38.2 Å². The molecule has 0 fully saturated rings. The number of nitro benzene ring substituents is 1. The van der Waals surface area contributed by atoms with Gasteiger partial charge in [-0.1, -0.05) is 18.2 Å². The molecule has 156 valence electrons. The summed E-state index contributed by atoms with van der Waals surface area (Å²) in [6.07, 6.45) is 0. The van der Waals surface area contributed by atoms with Crippen molar-refractivity contribution in [2.75, 3.05) is 4.90 Å². The number of nitrogens with zero attached hydrogens (tertiary/aromatic N) is 3. The lowest BCUT2D eigenvalue weighted by Gasteiger charge is -2.16. The molecule has 2 heterocycles. The van der Waals surface area contributed by atoms with Crippen LogP contribution in [0.5, 0.6) is 0 Å². The Kier molecular flexibility index (Phi) is 4.19. The molecule has 32 heavy (non-hydrogen) atoms. The van der Waals surface area contributed by atoms with Crippen LogP contribution in [0.1, 0.15) is 26.3 Å². The first kappa shape index (κ1) is 19.3. The molecule has 1 aliphatic rings. The maximum absolute atomic E-state index is 13.1. The minimum absolute atomic E-state index is 0.0155. The summed E-state index contributed by atoms with van der Waals surface area (Å²) in [5.41, 5.74) is 0.616. The molecular formula is C23H13N3O6. The fraction of sp³-hybridized carbons (Fsp3) is 0.0435. The standard InChI is InChI=1S/C23H13N3O6/c1-12-18(7-4-8-19(12)26(30)31)25-21(27)14-10-9-13(11-16(14)22(25)28)20-24-17-6-3-2-5-15(17)23(29)32-20/h2-11H,1H3. The van der Waals surface area contributed by atoms with Crippen LogP contribution in [0.25, 0.3) is 22.4 Å². The number of hydrogen-bond donors (Lipinski definition) is 0. The molecule has 0 aliphatic carbocycles. The van der Waals surface area contributed by atoms with Gasteiger partial charge in [0.2, 0.25) is 5.89 Å². The van der Waals surface area contributed by atoms with E-state index in [9.17, 15) is 24.5 Å². The van der Waals surface area contributed by atoms with Crippen molar-refractivity contribution in [3.63, 3.8) is 0 Å². The third-order valence-corrected chi connectivity index (χ3v) is 5.38. The molecular weight excluding hydrogens is 414 g/mol. The third kappa shape index (κ3) is 2.79. The van der Waals surface area contributed by atoms with Crippen LogP contribution >= 0.6 is 0 Å². The van der Waals surface area contributed by atoms with E-state index < -0.39 is 22.4 Å². The number of imide groups is 1. The van der Waals surface area contributed by atoms with Crippen LogP contribution in [-0.2, 0) is 0 Å². The van der Waals surface area contributed by atoms with Gasteiger partial charge in [0, 0.05) is 11.6 Å². The second-order valence-electron chi connectivity index (χ2n) is 7.21. The number of anilines is 1. The van der Waals surface area contributed by atoms with Gasteiger partial charge < -0.3 is 4.42 Å². The zero-order valence-electron chi connectivity index (χ0n) is 16.6. The Labute approximate surface area is 179 Å². The highest BCUT2D eigenvalue weighted by Gasteiger charge is 2.38. The Balaban J connectivity index is 1.61. The minimum atomic E-state index is -0.626. The third-order valence-electron chi connectivity index (χ3n) is 5.38. The van der Waals surface area contributed by atoms with Crippen LogP contribution < -0.4 is 10.5 Å². The highest BCUT2D eigenvalue weighted by Crippen LogP contribution is 2.35. The van der Waals surface area contributed by atoms with E-state index in [0.29, 0.717) is 16.5 Å². The van der Waals surface area contributed by atoms with E-state index in [4.69, 9.17) is 4.42 Å². The van der Waals surface area contributed by atoms with Crippen LogP contribution in [-0.4, -0.2) is 21.7 Å². The van der Waals surface area contributed by atoms with Crippen LogP contribution in [0, 0.1) is 17.0 Å². The topological polar surface area (TPSA) is 124 Å².